The third-order valence-corrected chi connectivity index (χ3v) is 5.57. The van der Waals surface area contributed by atoms with Crippen LogP contribution in [0.3, 0.4) is 0 Å². The Morgan fingerprint density at radius 3 is 2.43 bits per heavy atom. The second kappa shape index (κ2) is 6.31. The van der Waals surface area contributed by atoms with Crippen molar-refractivity contribution < 1.29 is 13.5 Å². The Kier molecular flexibility index (Phi) is 4.62. The van der Waals surface area contributed by atoms with Crippen LogP contribution in [0.25, 0.3) is 0 Å². The Balaban J connectivity index is 2.71. The monoisotopic (exact) mass is 330 g/mol. The highest BCUT2D eigenvalue weighted by molar-refractivity contribution is 7.93. The SMILES string of the molecule is Cc1ccc(O)cc1S(=O)(=O)N(c1ccccc1C#N)C(C)C. The number of rotatable bonds is 4. The molecule has 0 aliphatic carbocycles. The van der Waals surface area contributed by atoms with Crippen LogP contribution < -0.4 is 4.31 Å². The maximum atomic E-state index is 13.1. The Labute approximate surface area is 136 Å². The normalized spacial score (nSPS) is 11.3. The van der Waals surface area contributed by atoms with Gasteiger partial charge in [0.15, 0.2) is 0 Å². The van der Waals surface area contributed by atoms with Gasteiger partial charge in [-0.05, 0) is 44.5 Å². The number of aryl methyl sites for hydroxylation is 1. The van der Waals surface area contributed by atoms with Crippen LogP contribution in [0.1, 0.15) is 25.0 Å². The van der Waals surface area contributed by atoms with Gasteiger partial charge in [0.2, 0.25) is 0 Å². The van der Waals surface area contributed by atoms with E-state index in [1.165, 1.54) is 16.4 Å². The van der Waals surface area contributed by atoms with Crippen molar-refractivity contribution in [1.29, 1.82) is 5.26 Å². The number of hydrogen-bond donors (Lipinski definition) is 1. The number of para-hydroxylation sites is 1. The van der Waals surface area contributed by atoms with Crippen LogP contribution in [0.15, 0.2) is 47.4 Å². The molecule has 0 heterocycles. The molecule has 0 aliphatic rings. The van der Waals surface area contributed by atoms with E-state index < -0.39 is 16.1 Å². The summed E-state index contributed by atoms with van der Waals surface area (Å²) in [6.45, 7) is 5.15. The number of aromatic hydroxyl groups is 1. The molecular formula is C17H18N2O3S. The predicted octanol–water partition coefficient (Wildman–Crippen LogP) is 3.18. The lowest BCUT2D eigenvalue weighted by atomic mass is 10.2. The first-order chi connectivity index (χ1) is 10.8. The van der Waals surface area contributed by atoms with Crippen molar-refractivity contribution >= 4 is 15.7 Å². The molecule has 0 atom stereocenters. The second-order valence-electron chi connectivity index (χ2n) is 5.47. The van der Waals surface area contributed by atoms with Gasteiger partial charge in [-0.1, -0.05) is 18.2 Å². The van der Waals surface area contributed by atoms with Gasteiger partial charge >= 0.3 is 0 Å². The molecule has 2 aromatic rings. The van der Waals surface area contributed by atoms with Gasteiger partial charge < -0.3 is 5.11 Å². The van der Waals surface area contributed by atoms with Crippen LogP contribution in [0.5, 0.6) is 5.75 Å². The van der Waals surface area contributed by atoms with Gasteiger partial charge in [-0.2, -0.15) is 5.26 Å². The average Bonchev–Trinajstić information content (AvgIpc) is 2.49. The number of sulfonamides is 1. The van der Waals surface area contributed by atoms with Crippen LogP contribution >= 0.6 is 0 Å². The molecule has 120 valence electrons. The van der Waals surface area contributed by atoms with E-state index in [2.05, 4.69) is 0 Å². The molecule has 0 aliphatic heterocycles. The Bertz CT molecular complexity index is 868. The summed E-state index contributed by atoms with van der Waals surface area (Å²) >= 11 is 0. The molecule has 0 unspecified atom stereocenters. The largest absolute Gasteiger partial charge is 0.508 e. The summed E-state index contributed by atoms with van der Waals surface area (Å²) in [6.07, 6.45) is 0. The summed E-state index contributed by atoms with van der Waals surface area (Å²) < 4.78 is 27.5. The molecule has 2 rings (SSSR count). The third kappa shape index (κ3) is 3.15. The van der Waals surface area contributed by atoms with E-state index in [9.17, 15) is 18.8 Å². The standard InChI is InChI=1S/C17H18N2O3S/c1-12(2)19(16-7-5-4-6-14(16)11-18)23(21,22)17-10-15(20)9-8-13(17)3/h4-10,12,20H,1-3H3. The minimum atomic E-state index is -3.92. The summed E-state index contributed by atoms with van der Waals surface area (Å²) in [7, 11) is -3.92. The topological polar surface area (TPSA) is 81.4 Å². The molecular weight excluding hydrogens is 312 g/mol. The van der Waals surface area contributed by atoms with Crippen LogP contribution in [0.4, 0.5) is 5.69 Å². The molecule has 0 saturated heterocycles. The van der Waals surface area contributed by atoms with Gasteiger partial charge in [-0.15, -0.1) is 0 Å². The molecule has 0 fully saturated rings. The Hall–Kier alpha value is -2.52. The Morgan fingerprint density at radius 2 is 1.83 bits per heavy atom. The van der Waals surface area contributed by atoms with Crippen molar-refractivity contribution in [3.05, 3.63) is 53.6 Å². The van der Waals surface area contributed by atoms with E-state index >= 15 is 0 Å². The van der Waals surface area contributed by atoms with Crippen LogP contribution in [0, 0.1) is 18.3 Å². The number of hydrogen-bond acceptors (Lipinski definition) is 4. The van der Waals surface area contributed by atoms with Gasteiger partial charge in [0, 0.05) is 12.1 Å². The second-order valence-corrected chi connectivity index (χ2v) is 7.26. The maximum absolute atomic E-state index is 13.1. The van der Waals surface area contributed by atoms with Gasteiger partial charge in [0.05, 0.1) is 16.1 Å². The zero-order valence-electron chi connectivity index (χ0n) is 13.2. The van der Waals surface area contributed by atoms with Crippen molar-refractivity contribution in [2.75, 3.05) is 4.31 Å². The van der Waals surface area contributed by atoms with E-state index in [0.29, 0.717) is 11.3 Å². The van der Waals surface area contributed by atoms with Gasteiger partial charge in [0.25, 0.3) is 10.0 Å². The fraction of sp³-hybridized carbons (Fsp3) is 0.235. The van der Waals surface area contributed by atoms with E-state index in [0.717, 1.165) is 0 Å². The van der Waals surface area contributed by atoms with Crippen molar-refractivity contribution in [1.82, 2.24) is 0 Å². The van der Waals surface area contributed by atoms with Crippen molar-refractivity contribution in [3.63, 3.8) is 0 Å². The highest BCUT2D eigenvalue weighted by Gasteiger charge is 2.30. The highest BCUT2D eigenvalue weighted by atomic mass is 32.2. The molecule has 0 radical (unpaired) electrons. The number of nitriles is 1. The molecule has 5 nitrogen and oxygen atoms in total. The minimum absolute atomic E-state index is 0.0268. The van der Waals surface area contributed by atoms with Gasteiger partial charge in [-0.3, -0.25) is 4.31 Å². The first-order valence-corrected chi connectivity index (χ1v) is 8.56. The van der Waals surface area contributed by atoms with Crippen LogP contribution in [-0.2, 0) is 10.0 Å². The van der Waals surface area contributed by atoms with Crippen molar-refractivity contribution in [3.8, 4) is 11.8 Å². The number of phenols is 1. The molecule has 0 amide bonds. The first-order valence-electron chi connectivity index (χ1n) is 7.12. The summed E-state index contributed by atoms with van der Waals surface area (Å²) in [4.78, 5) is 0.0268. The number of benzene rings is 2. The maximum Gasteiger partial charge on any atom is 0.264 e. The number of anilines is 1. The van der Waals surface area contributed by atoms with E-state index in [-0.39, 0.29) is 16.2 Å². The fourth-order valence-electron chi connectivity index (χ4n) is 2.42. The lowest BCUT2D eigenvalue weighted by molar-refractivity contribution is 0.472. The highest BCUT2D eigenvalue weighted by Crippen LogP contribution is 2.31. The average molecular weight is 330 g/mol. The molecule has 0 saturated carbocycles. The zero-order valence-corrected chi connectivity index (χ0v) is 14.0. The van der Waals surface area contributed by atoms with E-state index in [4.69, 9.17) is 0 Å². The Morgan fingerprint density at radius 1 is 1.17 bits per heavy atom. The third-order valence-electron chi connectivity index (χ3n) is 3.44. The lowest BCUT2D eigenvalue weighted by Crippen LogP contribution is -2.37. The summed E-state index contributed by atoms with van der Waals surface area (Å²) in [5.74, 6) is -0.119. The fourth-order valence-corrected chi connectivity index (χ4v) is 4.35. The molecule has 0 spiro atoms. The molecule has 0 aromatic heterocycles. The van der Waals surface area contributed by atoms with Crippen molar-refractivity contribution in [2.45, 2.75) is 31.7 Å². The molecule has 23 heavy (non-hydrogen) atoms. The minimum Gasteiger partial charge on any atom is -0.508 e. The number of nitrogens with zero attached hydrogens (tertiary/aromatic N) is 2. The van der Waals surface area contributed by atoms with Gasteiger partial charge in [0.1, 0.15) is 11.8 Å². The zero-order chi connectivity index (χ0) is 17.2. The summed E-state index contributed by atoms with van der Waals surface area (Å²) in [5, 5.41) is 18.9. The predicted molar refractivity (Wildman–Crippen MR) is 88.8 cm³/mol. The quantitative estimate of drug-likeness (QED) is 0.933. The van der Waals surface area contributed by atoms with E-state index in [1.807, 2.05) is 6.07 Å². The molecule has 2 aromatic carbocycles. The molecule has 1 N–H and O–H groups in total. The van der Waals surface area contributed by atoms with E-state index in [1.54, 1.807) is 51.1 Å². The molecule has 0 bridgehead atoms. The van der Waals surface area contributed by atoms with Crippen LogP contribution in [-0.4, -0.2) is 19.6 Å². The van der Waals surface area contributed by atoms with Crippen molar-refractivity contribution in [2.24, 2.45) is 0 Å². The van der Waals surface area contributed by atoms with Crippen LogP contribution in [0.2, 0.25) is 0 Å². The van der Waals surface area contributed by atoms with Gasteiger partial charge in [-0.25, -0.2) is 8.42 Å². The lowest BCUT2D eigenvalue weighted by Gasteiger charge is -2.29. The summed E-state index contributed by atoms with van der Waals surface area (Å²) in [6, 6.07) is 12.4. The number of phenolic OH excluding ortho intramolecular Hbond substituents is 1. The summed E-state index contributed by atoms with van der Waals surface area (Å²) in [5.41, 5.74) is 1.14. The molecule has 6 heteroatoms. The smallest absolute Gasteiger partial charge is 0.264 e. The first kappa shape index (κ1) is 16.8.